The van der Waals surface area contributed by atoms with E-state index in [0.29, 0.717) is 6.04 Å². The number of nitrogens with zero attached hydrogens (tertiary/aromatic N) is 1. The third-order valence-electron chi connectivity index (χ3n) is 4.64. The van der Waals surface area contributed by atoms with Gasteiger partial charge in [-0.25, -0.2) is 4.39 Å². The summed E-state index contributed by atoms with van der Waals surface area (Å²) in [6.07, 6.45) is 3.39. The first kappa shape index (κ1) is 16.7. The van der Waals surface area contributed by atoms with Gasteiger partial charge in [0.2, 0.25) is 0 Å². The molecule has 2 nitrogen and oxygen atoms in total. The Labute approximate surface area is 132 Å². The SMILES string of the molecule is CCCC1CNC(C)(CC)CN1Cc1cccc(F)c1Cl. The van der Waals surface area contributed by atoms with Crippen LogP contribution in [-0.4, -0.2) is 29.6 Å². The molecule has 1 heterocycles. The average molecular weight is 313 g/mol. The second-order valence-electron chi connectivity index (χ2n) is 6.36. The fourth-order valence-electron chi connectivity index (χ4n) is 3.06. The van der Waals surface area contributed by atoms with E-state index in [1.807, 2.05) is 6.07 Å². The van der Waals surface area contributed by atoms with Gasteiger partial charge in [-0.15, -0.1) is 0 Å². The van der Waals surface area contributed by atoms with E-state index in [9.17, 15) is 4.39 Å². The Morgan fingerprint density at radius 3 is 2.86 bits per heavy atom. The van der Waals surface area contributed by atoms with Gasteiger partial charge in [0, 0.05) is 31.2 Å². The number of piperazine rings is 1. The van der Waals surface area contributed by atoms with Crippen LogP contribution in [0, 0.1) is 5.82 Å². The molecule has 21 heavy (non-hydrogen) atoms. The first-order chi connectivity index (χ1) is 9.99. The first-order valence-corrected chi connectivity index (χ1v) is 8.29. The molecule has 0 amide bonds. The highest BCUT2D eigenvalue weighted by Crippen LogP contribution is 2.26. The van der Waals surface area contributed by atoms with E-state index in [4.69, 9.17) is 11.6 Å². The van der Waals surface area contributed by atoms with E-state index in [0.717, 1.165) is 44.5 Å². The monoisotopic (exact) mass is 312 g/mol. The van der Waals surface area contributed by atoms with E-state index in [-0.39, 0.29) is 16.4 Å². The van der Waals surface area contributed by atoms with Gasteiger partial charge in [0.05, 0.1) is 5.02 Å². The molecular formula is C17H26ClFN2. The number of hydrogen-bond donors (Lipinski definition) is 1. The van der Waals surface area contributed by atoms with Crippen LogP contribution in [0.15, 0.2) is 18.2 Å². The Hall–Kier alpha value is -0.640. The normalized spacial score (nSPS) is 27.0. The molecule has 4 heteroatoms. The maximum absolute atomic E-state index is 13.6. The summed E-state index contributed by atoms with van der Waals surface area (Å²) in [6, 6.07) is 5.59. The molecule has 1 fully saturated rings. The van der Waals surface area contributed by atoms with Gasteiger partial charge in [-0.05, 0) is 31.4 Å². The molecule has 2 atom stereocenters. The van der Waals surface area contributed by atoms with Crippen LogP contribution in [0.25, 0.3) is 0 Å². The van der Waals surface area contributed by atoms with Crippen molar-refractivity contribution in [3.8, 4) is 0 Å². The lowest BCUT2D eigenvalue weighted by Gasteiger charge is -2.46. The largest absolute Gasteiger partial charge is 0.309 e. The molecule has 0 bridgehead atoms. The molecule has 1 aliphatic rings. The van der Waals surface area contributed by atoms with Crippen molar-refractivity contribution in [1.29, 1.82) is 0 Å². The second kappa shape index (κ2) is 7.08. The summed E-state index contributed by atoms with van der Waals surface area (Å²) in [4.78, 5) is 2.46. The summed E-state index contributed by atoms with van der Waals surface area (Å²) >= 11 is 6.12. The van der Waals surface area contributed by atoms with E-state index in [1.54, 1.807) is 6.07 Å². The summed E-state index contributed by atoms with van der Waals surface area (Å²) in [5.74, 6) is -0.324. The van der Waals surface area contributed by atoms with Crippen LogP contribution in [0.2, 0.25) is 5.02 Å². The van der Waals surface area contributed by atoms with Gasteiger partial charge in [-0.2, -0.15) is 0 Å². The minimum Gasteiger partial charge on any atom is -0.309 e. The molecule has 0 radical (unpaired) electrons. The first-order valence-electron chi connectivity index (χ1n) is 7.91. The molecule has 1 aromatic rings. The van der Waals surface area contributed by atoms with Crippen LogP contribution < -0.4 is 5.32 Å². The van der Waals surface area contributed by atoms with Crippen LogP contribution in [-0.2, 0) is 6.54 Å². The van der Waals surface area contributed by atoms with Crippen LogP contribution >= 0.6 is 11.6 Å². The van der Waals surface area contributed by atoms with Crippen molar-refractivity contribution in [2.75, 3.05) is 13.1 Å². The molecule has 0 aromatic heterocycles. The number of halogens is 2. The third kappa shape index (κ3) is 3.97. The Morgan fingerprint density at radius 1 is 1.43 bits per heavy atom. The average Bonchev–Trinajstić information content (AvgIpc) is 2.47. The quantitative estimate of drug-likeness (QED) is 0.875. The van der Waals surface area contributed by atoms with Crippen LogP contribution in [0.1, 0.15) is 45.6 Å². The van der Waals surface area contributed by atoms with Crippen molar-refractivity contribution in [2.24, 2.45) is 0 Å². The highest BCUT2D eigenvalue weighted by molar-refractivity contribution is 6.31. The zero-order valence-corrected chi connectivity index (χ0v) is 14.0. The van der Waals surface area contributed by atoms with Crippen molar-refractivity contribution in [3.63, 3.8) is 0 Å². The van der Waals surface area contributed by atoms with Crippen molar-refractivity contribution < 1.29 is 4.39 Å². The predicted octanol–water partition coefficient (Wildman–Crippen LogP) is 4.22. The highest BCUT2D eigenvalue weighted by atomic mass is 35.5. The summed E-state index contributed by atoms with van der Waals surface area (Å²) in [5, 5.41) is 3.94. The molecule has 1 N–H and O–H groups in total. The summed E-state index contributed by atoms with van der Waals surface area (Å²) in [6.45, 7) is 9.36. The fourth-order valence-corrected chi connectivity index (χ4v) is 3.24. The Kier molecular flexibility index (Phi) is 5.64. The van der Waals surface area contributed by atoms with E-state index < -0.39 is 0 Å². The number of hydrogen-bond acceptors (Lipinski definition) is 2. The lowest BCUT2D eigenvalue weighted by atomic mass is 9.92. The summed E-state index contributed by atoms with van der Waals surface area (Å²) in [5.41, 5.74) is 1.02. The Bertz CT molecular complexity index is 480. The van der Waals surface area contributed by atoms with E-state index >= 15 is 0 Å². The second-order valence-corrected chi connectivity index (χ2v) is 6.73. The highest BCUT2D eigenvalue weighted by Gasteiger charge is 2.34. The molecule has 0 saturated carbocycles. The standard InChI is InChI=1S/C17H26ClFN2/c1-4-7-14-10-20-17(3,5-2)12-21(14)11-13-8-6-9-15(19)16(13)18/h6,8-9,14,20H,4-5,7,10-12H2,1-3H3. The lowest BCUT2D eigenvalue weighted by Crippen LogP contribution is -2.62. The van der Waals surface area contributed by atoms with Gasteiger partial charge in [0.15, 0.2) is 0 Å². The van der Waals surface area contributed by atoms with Gasteiger partial charge in [0.25, 0.3) is 0 Å². The van der Waals surface area contributed by atoms with Crippen LogP contribution in [0.3, 0.4) is 0 Å². The van der Waals surface area contributed by atoms with Crippen LogP contribution in [0.4, 0.5) is 4.39 Å². The zero-order valence-electron chi connectivity index (χ0n) is 13.3. The molecule has 1 saturated heterocycles. The van der Waals surface area contributed by atoms with Crippen molar-refractivity contribution in [1.82, 2.24) is 10.2 Å². The molecule has 0 spiro atoms. The molecular weight excluding hydrogens is 287 g/mol. The smallest absolute Gasteiger partial charge is 0.142 e. The topological polar surface area (TPSA) is 15.3 Å². The van der Waals surface area contributed by atoms with Crippen molar-refractivity contribution in [3.05, 3.63) is 34.6 Å². The predicted molar refractivity (Wildman–Crippen MR) is 87.2 cm³/mol. The van der Waals surface area contributed by atoms with E-state index in [1.165, 1.54) is 6.07 Å². The fraction of sp³-hybridized carbons (Fsp3) is 0.647. The number of benzene rings is 1. The molecule has 118 valence electrons. The minimum absolute atomic E-state index is 0.129. The molecule has 1 aliphatic heterocycles. The van der Waals surface area contributed by atoms with Gasteiger partial charge in [0.1, 0.15) is 5.82 Å². The van der Waals surface area contributed by atoms with Crippen molar-refractivity contribution in [2.45, 2.75) is 58.2 Å². The zero-order chi connectivity index (χ0) is 15.5. The van der Waals surface area contributed by atoms with Gasteiger partial charge in [-0.1, -0.05) is 44.0 Å². The molecule has 2 unspecified atom stereocenters. The van der Waals surface area contributed by atoms with Gasteiger partial charge in [-0.3, -0.25) is 4.90 Å². The Morgan fingerprint density at radius 2 is 2.19 bits per heavy atom. The summed E-state index contributed by atoms with van der Waals surface area (Å²) < 4.78 is 13.6. The maximum atomic E-state index is 13.6. The van der Waals surface area contributed by atoms with Gasteiger partial charge >= 0.3 is 0 Å². The Balaban J connectivity index is 2.17. The minimum atomic E-state index is -0.324. The van der Waals surface area contributed by atoms with Crippen LogP contribution in [0.5, 0.6) is 0 Å². The maximum Gasteiger partial charge on any atom is 0.142 e. The number of rotatable bonds is 5. The molecule has 1 aromatic carbocycles. The van der Waals surface area contributed by atoms with E-state index in [2.05, 4.69) is 31.0 Å². The van der Waals surface area contributed by atoms with Gasteiger partial charge < -0.3 is 5.32 Å². The third-order valence-corrected chi connectivity index (χ3v) is 5.06. The molecule has 0 aliphatic carbocycles. The number of nitrogens with one attached hydrogen (secondary N) is 1. The molecule has 2 rings (SSSR count). The summed E-state index contributed by atoms with van der Waals surface area (Å²) in [7, 11) is 0. The lowest BCUT2D eigenvalue weighted by molar-refractivity contribution is 0.0725. The van der Waals surface area contributed by atoms with Crippen molar-refractivity contribution >= 4 is 11.6 Å².